The van der Waals surface area contributed by atoms with Crippen molar-refractivity contribution in [3.8, 4) is 47.4 Å². The maximum atomic E-state index is 3.48. The molecule has 0 bridgehead atoms. The third-order valence-corrected chi connectivity index (χ3v) is 10.8. The fourth-order valence-corrected chi connectivity index (χ4v) is 7.75. The van der Waals surface area contributed by atoms with Gasteiger partial charge in [0.1, 0.15) is 0 Å². The highest BCUT2D eigenvalue weighted by atomic mass is 14.4. The van der Waals surface area contributed by atoms with Crippen LogP contribution in [0.2, 0.25) is 0 Å². The summed E-state index contributed by atoms with van der Waals surface area (Å²) in [5, 5.41) is 0. The molecule has 0 heterocycles. The highest BCUT2D eigenvalue weighted by Crippen LogP contribution is 2.46. The van der Waals surface area contributed by atoms with Crippen LogP contribution in [0.4, 0.5) is 0 Å². The Bertz CT molecular complexity index is 868. The third-order valence-electron chi connectivity index (χ3n) is 10.8. The first kappa shape index (κ1) is 27.3. The smallest absolute Gasteiger partial charge is 0.0297 e. The molecule has 4 fully saturated rings. The second-order valence-electron chi connectivity index (χ2n) is 13.8. The molecule has 4 saturated carbocycles. The molecule has 0 spiro atoms. The molecule has 0 aromatic heterocycles. The number of hydrogen-bond acceptors (Lipinski definition) is 0. The molecule has 0 N–H and O–H groups in total. The van der Waals surface area contributed by atoms with E-state index < -0.39 is 0 Å². The zero-order valence-electron chi connectivity index (χ0n) is 23.8. The summed E-state index contributed by atoms with van der Waals surface area (Å²) < 4.78 is 0. The molecule has 0 aromatic carbocycles. The minimum Gasteiger partial charge on any atom is -0.0825 e. The fraction of sp³-hybridized carbons (Fsp3) is 0.778. The van der Waals surface area contributed by atoms with Crippen molar-refractivity contribution in [2.75, 3.05) is 0 Å². The van der Waals surface area contributed by atoms with E-state index >= 15 is 0 Å². The Hall–Kier alpha value is -1.76. The zero-order valence-corrected chi connectivity index (χ0v) is 23.8. The minimum absolute atomic E-state index is 0.143. The average Bonchev–Trinajstić information content (AvgIpc) is 2.88. The first-order valence-corrected chi connectivity index (χ1v) is 15.4. The molecule has 0 aliphatic heterocycles. The van der Waals surface area contributed by atoms with Gasteiger partial charge in [-0.1, -0.05) is 51.4 Å². The van der Waals surface area contributed by atoms with Gasteiger partial charge >= 0.3 is 0 Å². The molecule has 0 saturated heterocycles. The summed E-state index contributed by atoms with van der Waals surface area (Å²) in [6.45, 7) is 9.51. The highest BCUT2D eigenvalue weighted by molar-refractivity contribution is 5.41. The molecule has 4 rings (SSSR count). The highest BCUT2D eigenvalue weighted by Gasteiger charge is 2.35. The van der Waals surface area contributed by atoms with Crippen LogP contribution in [0.1, 0.15) is 130 Å². The van der Waals surface area contributed by atoms with Crippen molar-refractivity contribution < 1.29 is 0 Å². The van der Waals surface area contributed by atoms with Crippen LogP contribution in [-0.4, -0.2) is 0 Å². The molecular formula is C36H50. The van der Waals surface area contributed by atoms with E-state index in [1.165, 1.54) is 103 Å². The summed E-state index contributed by atoms with van der Waals surface area (Å²) in [5.74, 6) is 30.8. The molecule has 0 unspecified atom stereocenters. The van der Waals surface area contributed by atoms with E-state index in [9.17, 15) is 0 Å². The second-order valence-corrected chi connectivity index (χ2v) is 13.8. The Morgan fingerprint density at radius 3 is 1.00 bits per heavy atom. The Morgan fingerprint density at radius 2 is 0.667 bits per heavy atom. The summed E-state index contributed by atoms with van der Waals surface area (Å²) in [7, 11) is 0. The van der Waals surface area contributed by atoms with Gasteiger partial charge in [-0.2, -0.15) is 0 Å². The van der Waals surface area contributed by atoms with Crippen molar-refractivity contribution in [2.45, 2.75) is 130 Å². The predicted octanol–water partition coefficient (Wildman–Crippen LogP) is 9.05. The molecule has 0 amide bonds. The van der Waals surface area contributed by atoms with Crippen LogP contribution < -0.4 is 0 Å². The van der Waals surface area contributed by atoms with Crippen LogP contribution in [0.3, 0.4) is 0 Å². The van der Waals surface area contributed by atoms with Crippen molar-refractivity contribution in [1.29, 1.82) is 0 Å². The lowest BCUT2D eigenvalue weighted by molar-refractivity contribution is 0.134. The van der Waals surface area contributed by atoms with Crippen molar-refractivity contribution in [2.24, 2.45) is 46.3 Å². The maximum absolute atomic E-state index is 3.48. The van der Waals surface area contributed by atoms with Gasteiger partial charge < -0.3 is 0 Å². The van der Waals surface area contributed by atoms with E-state index in [0.717, 1.165) is 35.5 Å². The summed E-state index contributed by atoms with van der Waals surface area (Å²) in [4.78, 5) is 0. The average molecular weight is 483 g/mol. The Balaban J connectivity index is 1.18. The lowest BCUT2D eigenvalue weighted by Crippen LogP contribution is -2.29. The topological polar surface area (TPSA) is 0 Å². The van der Waals surface area contributed by atoms with Gasteiger partial charge in [-0.15, -0.1) is 0 Å². The Kier molecular flexibility index (Phi) is 9.59. The number of hydrogen-bond donors (Lipinski definition) is 0. The van der Waals surface area contributed by atoms with Crippen molar-refractivity contribution >= 4 is 0 Å². The van der Waals surface area contributed by atoms with Crippen LogP contribution in [-0.2, 0) is 0 Å². The van der Waals surface area contributed by atoms with Gasteiger partial charge in [0.25, 0.3) is 0 Å². The van der Waals surface area contributed by atoms with Gasteiger partial charge in [0.05, 0.1) is 0 Å². The van der Waals surface area contributed by atoms with Crippen molar-refractivity contribution in [3.05, 3.63) is 0 Å². The Labute approximate surface area is 223 Å². The Morgan fingerprint density at radius 1 is 0.389 bits per heavy atom. The van der Waals surface area contributed by atoms with Gasteiger partial charge in [0, 0.05) is 10.8 Å². The van der Waals surface area contributed by atoms with E-state index in [1.54, 1.807) is 0 Å². The van der Waals surface area contributed by atoms with Crippen LogP contribution >= 0.6 is 0 Å². The third kappa shape index (κ3) is 7.87. The number of rotatable bonds is 2. The molecule has 36 heavy (non-hydrogen) atoms. The van der Waals surface area contributed by atoms with Gasteiger partial charge in [0.15, 0.2) is 0 Å². The summed E-state index contributed by atoms with van der Waals surface area (Å²) in [6, 6.07) is 0. The predicted molar refractivity (Wildman–Crippen MR) is 153 cm³/mol. The quantitative estimate of drug-likeness (QED) is 0.344. The molecule has 0 atom stereocenters. The zero-order chi connectivity index (χ0) is 25.4. The monoisotopic (exact) mass is 482 g/mol. The van der Waals surface area contributed by atoms with Crippen LogP contribution in [0, 0.1) is 93.7 Å². The molecule has 0 radical (unpaired) electrons. The maximum Gasteiger partial charge on any atom is 0.0297 e. The second kappa shape index (κ2) is 12.7. The van der Waals surface area contributed by atoms with Gasteiger partial charge in [0.2, 0.25) is 0 Å². The fourth-order valence-electron chi connectivity index (χ4n) is 7.75. The normalized spacial score (nSPS) is 40.6. The van der Waals surface area contributed by atoms with E-state index in [4.69, 9.17) is 0 Å². The lowest BCUT2D eigenvalue weighted by Gasteiger charge is -2.39. The van der Waals surface area contributed by atoms with E-state index in [1.807, 2.05) is 0 Å². The summed E-state index contributed by atoms with van der Waals surface area (Å²) >= 11 is 0. The van der Waals surface area contributed by atoms with Gasteiger partial charge in [-0.3, -0.25) is 0 Å². The van der Waals surface area contributed by atoms with Crippen LogP contribution in [0.15, 0.2) is 0 Å². The summed E-state index contributed by atoms with van der Waals surface area (Å²) in [6.07, 6.45) is 21.9. The van der Waals surface area contributed by atoms with Crippen molar-refractivity contribution in [3.63, 3.8) is 0 Å². The van der Waals surface area contributed by atoms with E-state index in [2.05, 4.69) is 75.1 Å². The van der Waals surface area contributed by atoms with E-state index in [0.29, 0.717) is 0 Å². The van der Waals surface area contributed by atoms with Gasteiger partial charge in [-0.25, -0.2) is 0 Å². The molecule has 0 nitrogen and oxygen atoms in total. The van der Waals surface area contributed by atoms with E-state index in [-0.39, 0.29) is 10.8 Å². The molecule has 194 valence electrons. The van der Waals surface area contributed by atoms with Gasteiger partial charge in [-0.05, 0) is 162 Å². The first-order chi connectivity index (χ1) is 17.3. The molecular weight excluding hydrogens is 432 g/mol. The SMILES string of the molecule is CC1CCC(C2CCC(C)(C#CC#CC#CC#CC3(C)CCC(C4CCC(C)CC4)CC3)CC2)CC1. The van der Waals surface area contributed by atoms with Crippen LogP contribution in [0.25, 0.3) is 0 Å². The molecule has 0 heteroatoms. The largest absolute Gasteiger partial charge is 0.0825 e. The lowest BCUT2D eigenvalue weighted by atomic mass is 9.65. The van der Waals surface area contributed by atoms with Crippen LogP contribution in [0.5, 0.6) is 0 Å². The molecule has 4 aliphatic carbocycles. The molecule has 0 aromatic rings. The van der Waals surface area contributed by atoms with Crippen molar-refractivity contribution in [1.82, 2.24) is 0 Å². The summed E-state index contributed by atoms with van der Waals surface area (Å²) in [5.41, 5.74) is 0.285. The standard InChI is InChI=1S/C36H50/c1-29-11-15-31(16-12-29)33-19-25-35(3,26-20-33)23-9-7-5-6-8-10-24-36(4)27-21-34(22-28-36)32-17-13-30(2)14-18-32/h29-34H,11-22,25-28H2,1-4H3. The molecule has 4 aliphatic rings. The minimum atomic E-state index is 0.143. The first-order valence-electron chi connectivity index (χ1n) is 15.4.